The molecule has 0 bridgehead atoms. The second-order valence-corrected chi connectivity index (χ2v) is 4.39. The fourth-order valence-corrected chi connectivity index (χ4v) is 2.13. The van der Waals surface area contributed by atoms with E-state index in [2.05, 4.69) is 40.3 Å². The summed E-state index contributed by atoms with van der Waals surface area (Å²) in [5.74, 6) is 0.674. The van der Waals surface area contributed by atoms with E-state index in [-0.39, 0.29) is 6.61 Å². The lowest BCUT2D eigenvalue weighted by Gasteiger charge is -2.05. The van der Waals surface area contributed by atoms with Crippen LogP contribution in [0.1, 0.15) is 5.82 Å². The maximum atomic E-state index is 8.94. The van der Waals surface area contributed by atoms with Gasteiger partial charge in [0.2, 0.25) is 0 Å². The van der Waals surface area contributed by atoms with Gasteiger partial charge in [-0.2, -0.15) is 0 Å². The minimum absolute atomic E-state index is 0.0706. The second-order valence-electron chi connectivity index (χ2n) is 4.39. The highest BCUT2D eigenvalue weighted by Crippen LogP contribution is 2.22. The molecule has 0 atom stereocenters. The van der Waals surface area contributed by atoms with Crippen LogP contribution in [0.3, 0.4) is 0 Å². The smallest absolute Gasteiger partial charge is 0.131 e. The van der Waals surface area contributed by atoms with Gasteiger partial charge in [-0.25, -0.2) is 9.97 Å². The van der Waals surface area contributed by atoms with Gasteiger partial charge in [0.05, 0.1) is 12.3 Å². The molecule has 1 aromatic heterocycles. The highest BCUT2D eigenvalue weighted by molar-refractivity contribution is 5.86. The summed E-state index contributed by atoms with van der Waals surface area (Å²) in [5, 5.41) is 11.4. The Morgan fingerprint density at radius 3 is 2.63 bits per heavy atom. The van der Waals surface area contributed by atoms with E-state index < -0.39 is 0 Å². The average molecular weight is 250 g/mol. The molecule has 0 aliphatic heterocycles. The van der Waals surface area contributed by atoms with Crippen molar-refractivity contribution in [2.75, 3.05) is 6.61 Å². The van der Waals surface area contributed by atoms with Crippen molar-refractivity contribution < 1.29 is 5.11 Å². The SMILES string of the molecule is OCCc1nccc(-c2ccc3ccccc3c2)n1. The van der Waals surface area contributed by atoms with Crippen LogP contribution in [0, 0.1) is 0 Å². The summed E-state index contributed by atoms with van der Waals surface area (Å²) in [7, 11) is 0. The highest BCUT2D eigenvalue weighted by Gasteiger charge is 2.03. The number of benzene rings is 2. The molecule has 1 N–H and O–H groups in total. The quantitative estimate of drug-likeness (QED) is 0.777. The van der Waals surface area contributed by atoms with Gasteiger partial charge in [-0.1, -0.05) is 36.4 Å². The molecule has 0 saturated carbocycles. The Morgan fingerprint density at radius 2 is 1.79 bits per heavy atom. The molecule has 3 aromatic rings. The molecule has 0 fully saturated rings. The first kappa shape index (κ1) is 11.8. The highest BCUT2D eigenvalue weighted by atomic mass is 16.3. The van der Waals surface area contributed by atoms with E-state index in [1.807, 2.05) is 18.2 Å². The van der Waals surface area contributed by atoms with E-state index in [4.69, 9.17) is 5.11 Å². The predicted octanol–water partition coefficient (Wildman–Crippen LogP) is 2.83. The Morgan fingerprint density at radius 1 is 0.947 bits per heavy atom. The van der Waals surface area contributed by atoms with Gasteiger partial charge >= 0.3 is 0 Å². The molecule has 0 unspecified atom stereocenters. The number of aliphatic hydroxyl groups is 1. The van der Waals surface area contributed by atoms with Gasteiger partial charge < -0.3 is 5.11 Å². The summed E-state index contributed by atoms with van der Waals surface area (Å²) in [6.07, 6.45) is 2.23. The summed E-state index contributed by atoms with van der Waals surface area (Å²) in [6, 6.07) is 16.4. The average Bonchev–Trinajstić information content (AvgIpc) is 2.47. The first-order chi connectivity index (χ1) is 9.36. The van der Waals surface area contributed by atoms with Gasteiger partial charge in [-0.3, -0.25) is 0 Å². The van der Waals surface area contributed by atoms with Crippen LogP contribution in [0.5, 0.6) is 0 Å². The lowest BCUT2D eigenvalue weighted by atomic mass is 10.1. The molecule has 3 rings (SSSR count). The van der Waals surface area contributed by atoms with Crippen molar-refractivity contribution in [3.8, 4) is 11.3 Å². The van der Waals surface area contributed by atoms with Crippen molar-refractivity contribution in [3.05, 3.63) is 60.6 Å². The predicted molar refractivity (Wildman–Crippen MR) is 75.8 cm³/mol. The summed E-state index contributed by atoms with van der Waals surface area (Å²) in [6.45, 7) is 0.0706. The Kier molecular flexibility index (Phi) is 3.21. The number of rotatable bonds is 3. The fourth-order valence-electron chi connectivity index (χ4n) is 2.13. The molecule has 0 amide bonds. The topological polar surface area (TPSA) is 46.0 Å². The number of nitrogens with zero attached hydrogens (tertiary/aromatic N) is 2. The van der Waals surface area contributed by atoms with Crippen LogP contribution >= 0.6 is 0 Å². The molecule has 0 spiro atoms. The first-order valence-electron chi connectivity index (χ1n) is 6.29. The zero-order valence-electron chi connectivity index (χ0n) is 10.5. The van der Waals surface area contributed by atoms with Crippen molar-refractivity contribution in [2.24, 2.45) is 0 Å². The number of hydrogen-bond donors (Lipinski definition) is 1. The molecule has 3 nitrogen and oxygen atoms in total. The Labute approximate surface area is 111 Å². The van der Waals surface area contributed by atoms with Gasteiger partial charge in [0.25, 0.3) is 0 Å². The molecule has 0 aliphatic rings. The van der Waals surface area contributed by atoms with Gasteiger partial charge in [0.1, 0.15) is 5.82 Å². The van der Waals surface area contributed by atoms with Crippen molar-refractivity contribution in [1.29, 1.82) is 0 Å². The van der Waals surface area contributed by atoms with E-state index in [9.17, 15) is 0 Å². The Balaban J connectivity index is 2.05. The third-order valence-electron chi connectivity index (χ3n) is 3.09. The molecule has 94 valence electrons. The first-order valence-corrected chi connectivity index (χ1v) is 6.29. The summed E-state index contributed by atoms with van der Waals surface area (Å²) in [4.78, 5) is 8.61. The minimum atomic E-state index is 0.0706. The molecule has 0 radical (unpaired) electrons. The molecule has 1 heterocycles. The van der Waals surface area contributed by atoms with E-state index in [0.29, 0.717) is 12.2 Å². The molecule has 2 aromatic carbocycles. The number of hydrogen-bond acceptors (Lipinski definition) is 3. The van der Waals surface area contributed by atoms with Crippen LogP contribution in [0.15, 0.2) is 54.7 Å². The monoisotopic (exact) mass is 250 g/mol. The number of fused-ring (bicyclic) bond motifs is 1. The molecule has 3 heteroatoms. The minimum Gasteiger partial charge on any atom is -0.396 e. The van der Waals surface area contributed by atoms with Crippen LogP contribution in [0.25, 0.3) is 22.0 Å². The zero-order chi connectivity index (χ0) is 13.1. The van der Waals surface area contributed by atoms with E-state index >= 15 is 0 Å². The molecular weight excluding hydrogens is 236 g/mol. The third kappa shape index (κ3) is 2.46. The van der Waals surface area contributed by atoms with Crippen molar-refractivity contribution in [2.45, 2.75) is 6.42 Å². The lowest BCUT2D eigenvalue weighted by Crippen LogP contribution is -1.99. The van der Waals surface area contributed by atoms with E-state index in [1.54, 1.807) is 6.20 Å². The molecule has 0 saturated heterocycles. The van der Waals surface area contributed by atoms with Crippen LogP contribution in [-0.2, 0) is 6.42 Å². The van der Waals surface area contributed by atoms with Crippen LogP contribution in [-0.4, -0.2) is 21.7 Å². The van der Waals surface area contributed by atoms with Gasteiger partial charge in [0, 0.05) is 18.2 Å². The Bertz CT molecular complexity index is 710. The van der Waals surface area contributed by atoms with E-state index in [0.717, 1.165) is 11.3 Å². The lowest BCUT2D eigenvalue weighted by molar-refractivity contribution is 0.296. The summed E-state index contributed by atoms with van der Waals surface area (Å²) < 4.78 is 0. The number of aliphatic hydroxyl groups excluding tert-OH is 1. The van der Waals surface area contributed by atoms with Gasteiger partial charge in [0.15, 0.2) is 0 Å². The Hall–Kier alpha value is -2.26. The zero-order valence-corrected chi connectivity index (χ0v) is 10.5. The van der Waals surface area contributed by atoms with Crippen molar-refractivity contribution in [3.63, 3.8) is 0 Å². The van der Waals surface area contributed by atoms with Gasteiger partial charge in [-0.15, -0.1) is 0 Å². The van der Waals surface area contributed by atoms with E-state index in [1.165, 1.54) is 10.8 Å². The van der Waals surface area contributed by atoms with Crippen molar-refractivity contribution >= 4 is 10.8 Å². The maximum absolute atomic E-state index is 8.94. The standard InChI is InChI=1S/C16H14N2O/c19-10-8-16-17-9-7-15(18-16)14-6-5-12-3-1-2-4-13(12)11-14/h1-7,9,11,19H,8,10H2. The summed E-state index contributed by atoms with van der Waals surface area (Å²) >= 11 is 0. The largest absolute Gasteiger partial charge is 0.396 e. The van der Waals surface area contributed by atoms with Crippen LogP contribution < -0.4 is 0 Å². The van der Waals surface area contributed by atoms with Gasteiger partial charge in [-0.05, 0) is 22.9 Å². The molecule has 0 aliphatic carbocycles. The second kappa shape index (κ2) is 5.16. The number of aromatic nitrogens is 2. The van der Waals surface area contributed by atoms with Crippen molar-refractivity contribution in [1.82, 2.24) is 9.97 Å². The van der Waals surface area contributed by atoms with Crippen LogP contribution in [0.4, 0.5) is 0 Å². The molecular formula is C16H14N2O. The summed E-state index contributed by atoms with van der Waals surface area (Å²) in [5.41, 5.74) is 1.96. The molecule has 19 heavy (non-hydrogen) atoms. The normalized spacial score (nSPS) is 10.8. The fraction of sp³-hybridized carbons (Fsp3) is 0.125. The third-order valence-corrected chi connectivity index (χ3v) is 3.09. The van der Waals surface area contributed by atoms with Crippen LogP contribution in [0.2, 0.25) is 0 Å². The maximum Gasteiger partial charge on any atom is 0.131 e.